The molecule has 4 rings (SSSR count). The van der Waals surface area contributed by atoms with Crippen molar-refractivity contribution in [2.75, 3.05) is 65.0 Å². The van der Waals surface area contributed by atoms with Crippen molar-refractivity contribution < 1.29 is 29.0 Å². The fourth-order valence-corrected chi connectivity index (χ4v) is 5.64. The van der Waals surface area contributed by atoms with E-state index in [1.807, 2.05) is 38.0 Å². The summed E-state index contributed by atoms with van der Waals surface area (Å²) < 4.78 is 5.71. The van der Waals surface area contributed by atoms with Crippen LogP contribution in [0.2, 0.25) is 0 Å². The number of rotatable bonds is 19. The first kappa shape index (κ1) is 40.5. The minimum Gasteiger partial charge on any atom is -0.351 e. The van der Waals surface area contributed by atoms with Crippen LogP contribution in [0.15, 0.2) is 49.1 Å². The molecule has 4 heterocycles. The maximum Gasteiger partial charge on any atom is 0.287 e. The molecule has 0 aliphatic heterocycles. The smallest absolute Gasteiger partial charge is 0.287 e. The van der Waals surface area contributed by atoms with Gasteiger partial charge in [0, 0.05) is 64.8 Å². The zero-order valence-corrected chi connectivity index (χ0v) is 31.1. The summed E-state index contributed by atoms with van der Waals surface area (Å²) in [4.78, 5) is 78.4. The van der Waals surface area contributed by atoms with Gasteiger partial charge in [-0.15, -0.1) is 0 Å². The lowest BCUT2D eigenvalue weighted by Gasteiger charge is -2.12. The van der Waals surface area contributed by atoms with Crippen LogP contribution in [0.25, 0.3) is 0 Å². The van der Waals surface area contributed by atoms with E-state index in [4.69, 9.17) is 0 Å². The number of nitro groups is 2. The van der Waals surface area contributed by atoms with Crippen LogP contribution in [-0.4, -0.2) is 116 Å². The van der Waals surface area contributed by atoms with Crippen molar-refractivity contribution in [2.24, 2.45) is 14.1 Å². The zero-order valence-electron chi connectivity index (χ0n) is 31.1. The van der Waals surface area contributed by atoms with Gasteiger partial charge in [-0.05, 0) is 66.3 Å². The maximum absolute atomic E-state index is 13.4. The number of aromatic nitrogens is 4. The predicted molar refractivity (Wildman–Crippen MR) is 200 cm³/mol. The Labute approximate surface area is 311 Å². The third kappa shape index (κ3) is 10.6. The summed E-state index contributed by atoms with van der Waals surface area (Å²) in [6, 6.07) is 5.15. The molecule has 20 nitrogen and oxygen atoms in total. The number of hydrogen-bond acceptors (Lipinski definition) is 10. The third-order valence-corrected chi connectivity index (χ3v) is 8.36. The van der Waals surface area contributed by atoms with Gasteiger partial charge in [-0.2, -0.15) is 0 Å². The monoisotopic (exact) mass is 750 g/mol. The van der Waals surface area contributed by atoms with E-state index in [-0.39, 0.29) is 59.0 Å². The Hall–Kier alpha value is -6.28. The van der Waals surface area contributed by atoms with E-state index >= 15 is 0 Å². The van der Waals surface area contributed by atoms with Gasteiger partial charge < -0.3 is 49.3 Å². The summed E-state index contributed by atoms with van der Waals surface area (Å²) in [5.74, 6) is -2.07. The highest BCUT2D eigenvalue weighted by Gasteiger charge is 2.24. The first-order valence-corrected chi connectivity index (χ1v) is 17.0. The van der Waals surface area contributed by atoms with Crippen LogP contribution >= 0.6 is 0 Å². The van der Waals surface area contributed by atoms with E-state index in [1.54, 1.807) is 23.2 Å². The van der Waals surface area contributed by atoms with Crippen molar-refractivity contribution in [1.82, 2.24) is 38.7 Å². The molecule has 54 heavy (non-hydrogen) atoms. The third-order valence-electron chi connectivity index (χ3n) is 8.36. The Bertz CT molecular complexity index is 1880. The molecule has 0 unspecified atom stereocenters. The highest BCUT2D eigenvalue weighted by molar-refractivity contribution is 6.05. The number of hydrogen-bond donors (Lipinski definition) is 4. The minimum absolute atomic E-state index is 0.0929. The minimum atomic E-state index is -0.704. The Morgan fingerprint density at radius 2 is 0.963 bits per heavy atom. The van der Waals surface area contributed by atoms with Gasteiger partial charge in [0.15, 0.2) is 0 Å². The molecule has 0 aliphatic carbocycles. The Balaban J connectivity index is 1.48. The van der Waals surface area contributed by atoms with Crippen LogP contribution < -0.4 is 21.3 Å². The Kier molecular flexibility index (Phi) is 13.5. The molecule has 4 amide bonds. The van der Waals surface area contributed by atoms with Gasteiger partial charge in [0.2, 0.25) is 0 Å². The summed E-state index contributed by atoms with van der Waals surface area (Å²) in [5.41, 5.74) is 0.219. The van der Waals surface area contributed by atoms with Crippen molar-refractivity contribution >= 4 is 46.4 Å². The summed E-state index contributed by atoms with van der Waals surface area (Å²) >= 11 is 0. The van der Waals surface area contributed by atoms with E-state index in [1.165, 1.54) is 33.7 Å². The average Bonchev–Trinajstić information content (AvgIpc) is 3.88. The molecule has 290 valence electrons. The van der Waals surface area contributed by atoms with E-state index in [2.05, 4.69) is 21.3 Å². The SMILES string of the molecule is CN(C)CCCNC(=O)c1cc(NC(=O)c2cc([N+](=O)[O-])cn2CCn2cc([N+](=O)[O-])cc2C(=O)Nc2cc(C(=O)NCCCN(C)C)n(C)c2)cn1C. The molecule has 0 aliphatic rings. The molecule has 0 atom stereocenters. The van der Waals surface area contributed by atoms with Gasteiger partial charge in [-0.25, -0.2) is 0 Å². The number of amides is 4. The fraction of sp³-hybridized carbons (Fsp3) is 0.412. The van der Waals surface area contributed by atoms with Crippen LogP contribution in [0, 0.1) is 20.2 Å². The molecule has 4 aromatic rings. The summed E-state index contributed by atoms with van der Waals surface area (Å²) in [7, 11) is 11.0. The topological polar surface area (TPSA) is 229 Å². The average molecular weight is 751 g/mol. The molecule has 20 heteroatoms. The van der Waals surface area contributed by atoms with Gasteiger partial charge >= 0.3 is 0 Å². The van der Waals surface area contributed by atoms with Gasteiger partial charge in [0.1, 0.15) is 22.8 Å². The van der Waals surface area contributed by atoms with Crippen LogP contribution in [0.1, 0.15) is 54.8 Å². The number of carbonyl (C=O) groups is 4. The lowest BCUT2D eigenvalue weighted by molar-refractivity contribution is -0.385. The van der Waals surface area contributed by atoms with Crippen LogP contribution in [0.3, 0.4) is 0 Å². The van der Waals surface area contributed by atoms with Crippen molar-refractivity contribution in [3.63, 3.8) is 0 Å². The maximum atomic E-state index is 13.4. The largest absolute Gasteiger partial charge is 0.351 e. The lowest BCUT2D eigenvalue weighted by Crippen LogP contribution is -2.28. The number of nitrogens with zero attached hydrogens (tertiary/aromatic N) is 8. The van der Waals surface area contributed by atoms with E-state index < -0.39 is 21.7 Å². The van der Waals surface area contributed by atoms with E-state index in [0.717, 1.165) is 50.5 Å². The second-order valence-corrected chi connectivity index (χ2v) is 13.3. The normalized spacial score (nSPS) is 11.2. The molecule has 0 saturated heterocycles. The molecule has 0 saturated carbocycles. The van der Waals surface area contributed by atoms with Crippen LogP contribution in [-0.2, 0) is 27.2 Å². The van der Waals surface area contributed by atoms with Crippen molar-refractivity contribution in [2.45, 2.75) is 25.9 Å². The standard InChI is InChI=1S/C34H46N12O8/c1-39(2)11-7-9-35-31(47)27-15-23(19-41(27)5)37-33(49)29-17-25(45(51)52)21-43(29)13-14-44-22-26(46(53)54)18-30(44)34(50)38-24-16-28(42(6)20-24)32(48)36-10-8-12-40(3)4/h15-22H,7-14H2,1-6H3,(H,35,47)(H,36,48)(H,37,49)(H,38,50). The molecular weight excluding hydrogens is 704 g/mol. The van der Waals surface area contributed by atoms with Gasteiger partial charge in [0.25, 0.3) is 35.0 Å². The first-order valence-electron chi connectivity index (χ1n) is 17.0. The fourth-order valence-electron chi connectivity index (χ4n) is 5.64. The van der Waals surface area contributed by atoms with Crippen molar-refractivity contribution in [1.29, 1.82) is 0 Å². The molecule has 0 spiro atoms. The van der Waals surface area contributed by atoms with Crippen LogP contribution in [0.5, 0.6) is 0 Å². The Morgan fingerprint density at radius 3 is 1.30 bits per heavy atom. The van der Waals surface area contributed by atoms with Gasteiger partial charge in [0.05, 0.1) is 33.6 Å². The number of nitrogens with one attached hydrogen (secondary N) is 4. The van der Waals surface area contributed by atoms with E-state index in [9.17, 15) is 39.4 Å². The second kappa shape index (κ2) is 18.0. The lowest BCUT2D eigenvalue weighted by atomic mass is 10.3. The molecule has 0 aromatic carbocycles. The number of anilines is 2. The van der Waals surface area contributed by atoms with E-state index in [0.29, 0.717) is 24.5 Å². The molecule has 0 bridgehead atoms. The number of aryl methyl sites for hydroxylation is 4. The Morgan fingerprint density at radius 1 is 0.593 bits per heavy atom. The van der Waals surface area contributed by atoms with Crippen molar-refractivity contribution in [3.05, 3.63) is 92.1 Å². The molecule has 0 radical (unpaired) electrons. The number of carbonyl (C=O) groups excluding carboxylic acids is 4. The van der Waals surface area contributed by atoms with Gasteiger partial charge in [-0.1, -0.05) is 0 Å². The molecule has 4 aromatic heterocycles. The summed E-state index contributed by atoms with van der Waals surface area (Å²) in [5, 5.41) is 34.4. The molecule has 0 fully saturated rings. The van der Waals surface area contributed by atoms with Crippen molar-refractivity contribution in [3.8, 4) is 0 Å². The summed E-state index contributed by atoms with van der Waals surface area (Å²) in [6.45, 7) is 2.31. The zero-order chi connectivity index (χ0) is 39.7. The molecular formula is C34H46N12O8. The highest BCUT2D eigenvalue weighted by Crippen LogP contribution is 2.23. The predicted octanol–water partition coefficient (Wildman–Crippen LogP) is 2.35. The van der Waals surface area contributed by atoms with Crippen LogP contribution in [0.4, 0.5) is 22.7 Å². The summed E-state index contributed by atoms with van der Waals surface area (Å²) in [6.07, 6.45) is 6.87. The van der Waals surface area contributed by atoms with Gasteiger partial charge in [-0.3, -0.25) is 39.4 Å². The molecule has 4 N–H and O–H groups in total. The second-order valence-electron chi connectivity index (χ2n) is 13.3. The first-order chi connectivity index (χ1) is 25.5. The highest BCUT2D eigenvalue weighted by atomic mass is 16.6. The quantitative estimate of drug-likeness (QED) is 0.0621.